The zero-order valence-electron chi connectivity index (χ0n) is 16.4. The Morgan fingerprint density at radius 3 is 2.64 bits per heavy atom. The molecular weight excluding hydrogens is 369 g/mol. The Kier molecular flexibility index (Phi) is 7.04. The van der Waals surface area contributed by atoms with E-state index in [9.17, 15) is 13.2 Å². The number of hydrogen-bond donors (Lipinski definition) is 2. The Morgan fingerprint density at radius 1 is 1.29 bits per heavy atom. The summed E-state index contributed by atoms with van der Waals surface area (Å²) in [6.45, 7) is -0.476. The van der Waals surface area contributed by atoms with Gasteiger partial charge in [-0.15, -0.1) is 0 Å². The SMILES string of the molecule is CCNC(=NCc1c(F)cccc1OC(F)F)NC1CC2CCCC(C1)N2C. The zero-order chi connectivity index (χ0) is 20.1. The quantitative estimate of drug-likeness (QED) is 0.569. The molecular formula is C20H29F3N4O. The van der Waals surface area contributed by atoms with Gasteiger partial charge in [0.05, 0.1) is 12.1 Å². The number of alkyl halides is 2. The lowest BCUT2D eigenvalue weighted by atomic mass is 9.82. The van der Waals surface area contributed by atoms with E-state index in [1.54, 1.807) is 0 Å². The molecule has 2 bridgehead atoms. The van der Waals surface area contributed by atoms with Gasteiger partial charge in [-0.05, 0) is 51.8 Å². The van der Waals surface area contributed by atoms with Crippen molar-refractivity contribution in [1.82, 2.24) is 15.5 Å². The Bertz CT molecular complexity index is 671. The highest BCUT2D eigenvalue weighted by Crippen LogP contribution is 2.32. The van der Waals surface area contributed by atoms with Crippen molar-refractivity contribution < 1.29 is 17.9 Å². The molecule has 0 aromatic heterocycles. The van der Waals surface area contributed by atoms with Gasteiger partial charge in [0.2, 0.25) is 0 Å². The van der Waals surface area contributed by atoms with Crippen molar-refractivity contribution in [2.75, 3.05) is 13.6 Å². The number of ether oxygens (including phenoxy) is 1. The summed E-state index contributed by atoms with van der Waals surface area (Å²) >= 11 is 0. The molecule has 2 N–H and O–H groups in total. The third-order valence-corrected chi connectivity index (χ3v) is 5.71. The summed E-state index contributed by atoms with van der Waals surface area (Å²) in [6.07, 6.45) is 5.78. The molecule has 2 heterocycles. The highest BCUT2D eigenvalue weighted by molar-refractivity contribution is 5.80. The van der Waals surface area contributed by atoms with E-state index in [-0.39, 0.29) is 17.9 Å². The molecule has 3 rings (SSSR count). The van der Waals surface area contributed by atoms with E-state index in [4.69, 9.17) is 0 Å². The molecule has 0 spiro atoms. The lowest BCUT2D eigenvalue weighted by Crippen LogP contribution is -2.56. The van der Waals surface area contributed by atoms with Gasteiger partial charge in [-0.2, -0.15) is 8.78 Å². The largest absolute Gasteiger partial charge is 0.434 e. The fourth-order valence-corrected chi connectivity index (χ4v) is 4.30. The van der Waals surface area contributed by atoms with Crippen molar-refractivity contribution in [3.05, 3.63) is 29.6 Å². The van der Waals surface area contributed by atoms with E-state index in [0.29, 0.717) is 30.6 Å². The van der Waals surface area contributed by atoms with Crippen molar-refractivity contribution in [3.8, 4) is 5.75 Å². The number of fused-ring (bicyclic) bond motifs is 2. The van der Waals surface area contributed by atoms with Crippen LogP contribution in [0.3, 0.4) is 0 Å². The maximum absolute atomic E-state index is 14.2. The standard InChI is InChI=1S/C20H29F3N4O/c1-3-24-20(26-13-10-14-6-4-7-15(11-13)27(14)2)25-12-16-17(21)8-5-9-18(16)28-19(22)23/h5,8-9,13-15,19H,3-4,6-7,10-12H2,1-2H3,(H2,24,25,26). The average molecular weight is 398 g/mol. The molecule has 1 aromatic carbocycles. The van der Waals surface area contributed by atoms with Gasteiger partial charge in [0.1, 0.15) is 11.6 Å². The molecule has 0 amide bonds. The van der Waals surface area contributed by atoms with E-state index < -0.39 is 12.4 Å². The Hall–Kier alpha value is -1.96. The van der Waals surface area contributed by atoms with Gasteiger partial charge < -0.3 is 20.3 Å². The Labute approximate surface area is 164 Å². The predicted molar refractivity (Wildman–Crippen MR) is 103 cm³/mol. The molecule has 0 saturated carbocycles. The predicted octanol–water partition coefficient (Wildman–Crippen LogP) is 3.50. The van der Waals surface area contributed by atoms with Gasteiger partial charge in [0.25, 0.3) is 0 Å². The average Bonchev–Trinajstić information content (AvgIpc) is 2.61. The minimum absolute atomic E-state index is 0.0280. The minimum atomic E-state index is -3.01. The molecule has 156 valence electrons. The van der Waals surface area contributed by atoms with Crippen LogP contribution in [0.25, 0.3) is 0 Å². The number of guanidine groups is 1. The van der Waals surface area contributed by atoms with Crippen LogP contribution in [0.1, 0.15) is 44.6 Å². The van der Waals surface area contributed by atoms with E-state index in [2.05, 4.69) is 32.3 Å². The fourth-order valence-electron chi connectivity index (χ4n) is 4.30. The van der Waals surface area contributed by atoms with Crippen LogP contribution in [0.2, 0.25) is 0 Å². The molecule has 0 aliphatic carbocycles. The van der Waals surface area contributed by atoms with Crippen molar-refractivity contribution in [2.24, 2.45) is 4.99 Å². The molecule has 5 nitrogen and oxygen atoms in total. The van der Waals surface area contributed by atoms with Crippen LogP contribution in [0.15, 0.2) is 23.2 Å². The second kappa shape index (κ2) is 9.49. The van der Waals surface area contributed by atoms with Crippen LogP contribution in [-0.4, -0.2) is 49.2 Å². The molecule has 2 saturated heterocycles. The first-order chi connectivity index (χ1) is 13.5. The van der Waals surface area contributed by atoms with Crippen molar-refractivity contribution in [3.63, 3.8) is 0 Å². The van der Waals surface area contributed by atoms with Crippen LogP contribution in [-0.2, 0) is 6.54 Å². The highest BCUT2D eigenvalue weighted by Gasteiger charge is 2.36. The molecule has 2 atom stereocenters. The van der Waals surface area contributed by atoms with Crippen LogP contribution in [0, 0.1) is 5.82 Å². The van der Waals surface area contributed by atoms with Gasteiger partial charge in [0, 0.05) is 24.7 Å². The molecule has 2 unspecified atom stereocenters. The minimum Gasteiger partial charge on any atom is -0.434 e. The number of halogens is 3. The summed E-state index contributed by atoms with van der Waals surface area (Å²) in [5.41, 5.74) is 0.0280. The first-order valence-corrected chi connectivity index (χ1v) is 9.97. The number of nitrogens with zero attached hydrogens (tertiary/aromatic N) is 2. The third-order valence-electron chi connectivity index (χ3n) is 5.71. The number of piperidine rings is 2. The van der Waals surface area contributed by atoms with E-state index in [0.717, 1.165) is 12.8 Å². The first kappa shape index (κ1) is 20.8. The lowest BCUT2D eigenvalue weighted by Gasteiger charge is -2.47. The van der Waals surface area contributed by atoms with Gasteiger partial charge in [0.15, 0.2) is 5.96 Å². The van der Waals surface area contributed by atoms with Crippen molar-refractivity contribution in [2.45, 2.75) is 70.3 Å². The van der Waals surface area contributed by atoms with Crippen LogP contribution >= 0.6 is 0 Å². The maximum atomic E-state index is 14.2. The molecule has 0 radical (unpaired) electrons. The van der Waals surface area contributed by atoms with Crippen molar-refractivity contribution >= 4 is 5.96 Å². The van der Waals surface area contributed by atoms with E-state index in [1.807, 2.05) is 6.92 Å². The highest BCUT2D eigenvalue weighted by atomic mass is 19.3. The molecule has 8 heteroatoms. The maximum Gasteiger partial charge on any atom is 0.387 e. The first-order valence-electron chi connectivity index (χ1n) is 9.97. The van der Waals surface area contributed by atoms with Crippen molar-refractivity contribution in [1.29, 1.82) is 0 Å². The monoisotopic (exact) mass is 398 g/mol. The molecule has 28 heavy (non-hydrogen) atoms. The summed E-state index contributed by atoms with van der Waals surface area (Å²) in [7, 11) is 2.20. The second-order valence-corrected chi connectivity index (χ2v) is 7.51. The smallest absolute Gasteiger partial charge is 0.387 e. The van der Waals surface area contributed by atoms with Crippen LogP contribution in [0.4, 0.5) is 13.2 Å². The van der Waals surface area contributed by atoms with Gasteiger partial charge in [-0.25, -0.2) is 9.38 Å². The summed E-state index contributed by atoms with van der Waals surface area (Å²) in [5.74, 6) is -0.212. The molecule has 1 aromatic rings. The number of benzene rings is 1. The lowest BCUT2D eigenvalue weighted by molar-refractivity contribution is -0.0506. The molecule has 2 aliphatic heterocycles. The summed E-state index contributed by atoms with van der Waals surface area (Å²) in [4.78, 5) is 6.92. The molecule has 2 fully saturated rings. The number of hydrogen-bond acceptors (Lipinski definition) is 3. The van der Waals surface area contributed by atoms with Crippen LogP contribution < -0.4 is 15.4 Å². The Balaban J connectivity index is 1.70. The molecule has 2 aliphatic rings. The van der Waals surface area contributed by atoms with E-state index >= 15 is 0 Å². The number of aliphatic imine (C=N–C) groups is 1. The third kappa shape index (κ3) is 5.10. The van der Waals surface area contributed by atoms with Gasteiger partial charge in [-0.1, -0.05) is 12.5 Å². The number of rotatable bonds is 6. The Morgan fingerprint density at radius 2 is 2.00 bits per heavy atom. The van der Waals surface area contributed by atoms with Gasteiger partial charge >= 0.3 is 6.61 Å². The summed E-state index contributed by atoms with van der Waals surface area (Å²) in [6, 6.07) is 5.35. The van der Waals surface area contributed by atoms with Crippen LogP contribution in [0.5, 0.6) is 5.75 Å². The summed E-state index contributed by atoms with van der Waals surface area (Å²) < 4.78 is 43.8. The fraction of sp³-hybridized carbons (Fsp3) is 0.650. The number of nitrogens with one attached hydrogen (secondary N) is 2. The normalized spacial score (nSPS) is 25.6. The van der Waals surface area contributed by atoms with E-state index in [1.165, 1.54) is 37.5 Å². The second-order valence-electron chi connectivity index (χ2n) is 7.51. The van der Waals surface area contributed by atoms with Gasteiger partial charge in [-0.3, -0.25) is 0 Å². The summed E-state index contributed by atoms with van der Waals surface area (Å²) in [5, 5.41) is 6.63. The topological polar surface area (TPSA) is 48.9 Å². The zero-order valence-corrected chi connectivity index (χ0v) is 16.4.